The van der Waals surface area contributed by atoms with Gasteiger partial charge in [0.2, 0.25) is 0 Å². The van der Waals surface area contributed by atoms with E-state index in [1.807, 2.05) is 25.1 Å². The Hall–Kier alpha value is -1.68. The molecule has 0 amide bonds. The van der Waals surface area contributed by atoms with E-state index in [4.69, 9.17) is 4.52 Å². The van der Waals surface area contributed by atoms with Crippen LogP contribution in [0, 0.1) is 25.6 Å². The molecule has 21 heavy (non-hydrogen) atoms. The van der Waals surface area contributed by atoms with Crippen molar-refractivity contribution in [1.82, 2.24) is 10.1 Å². The SMILES string of the molecule is Cc1cc(CN2CCC(Cc3ccc(C)c(F)c3)C2)no1. The van der Waals surface area contributed by atoms with Crippen LogP contribution in [0.25, 0.3) is 0 Å². The van der Waals surface area contributed by atoms with Crippen LogP contribution in [0.2, 0.25) is 0 Å². The molecule has 3 nitrogen and oxygen atoms in total. The Kier molecular flexibility index (Phi) is 4.06. The van der Waals surface area contributed by atoms with Gasteiger partial charge in [-0.2, -0.15) is 0 Å². The number of aromatic nitrogens is 1. The average molecular weight is 288 g/mol. The van der Waals surface area contributed by atoms with Crippen LogP contribution in [0.5, 0.6) is 0 Å². The monoisotopic (exact) mass is 288 g/mol. The van der Waals surface area contributed by atoms with Gasteiger partial charge in [0, 0.05) is 19.2 Å². The van der Waals surface area contributed by atoms with Crippen molar-refractivity contribution < 1.29 is 8.91 Å². The van der Waals surface area contributed by atoms with Gasteiger partial charge in [0.1, 0.15) is 11.6 Å². The van der Waals surface area contributed by atoms with Crippen molar-refractivity contribution in [1.29, 1.82) is 0 Å². The van der Waals surface area contributed by atoms with Gasteiger partial charge < -0.3 is 4.52 Å². The Labute approximate surface area is 124 Å². The highest BCUT2D eigenvalue weighted by atomic mass is 19.1. The lowest BCUT2D eigenvalue weighted by Crippen LogP contribution is -2.20. The maximum absolute atomic E-state index is 13.6. The van der Waals surface area contributed by atoms with Crippen LogP contribution < -0.4 is 0 Å². The summed E-state index contributed by atoms with van der Waals surface area (Å²) in [6, 6.07) is 7.58. The van der Waals surface area contributed by atoms with Gasteiger partial charge in [-0.15, -0.1) is 0 Å². The first-order valence-electron chi connectivity index (χ1n) is 7.50. The van der Waals surface area contributed by atoms with Crippen LogP contribution in [0.15, 0.2) is 28.8 Å². The molecule has 1 atom stereocenters. The summed E-state index contributed by atoms with van der Waals surface area (Å²) in [5, 5.41) is 4.04. The minimum atomic E-state index is -0.0968. The van der Waals surface area contributed by atoms with Crippen molar-refractivity contribution in [2.75, 3.05) is 13.1 Å². The summed E-state index contributed by atoms with van der Waals surface area (Å²) in [6.07, 6.45) is 2.11. The number of aryl methyl sites for hydroxylation is 2. The fourth-order valence-electron chi connectivity index (χ4n) is 3.04. The number of benzene rings is 1. The minimum absolute atomic E-state index is 0.0968. The molecule has 0 saturated carbocycles. The molecule has 0 spiro atoms. The molecule has 1 fully saturated rings. The normalized spacial score (nSPS) is 19.3. The average Bonchev–Trinajstić information content (AvgIpc) is 3.04. The van der Waals surface area contributed by atoms with Gasteiger partial charge in [-0.05, 0) is 56.3 Å². The highest BCUT2D eigenvalue weighted by Gasteiger charge is 2.23. The van der Waals surface area contributed by atoms with Crippen LogP contribution in [0.3, 0.4) is 0 Å². The van der Waals surface area contributed by atoms with E-state index in [0.29, 0.717) is 11.5 Å². The third-order valence-corrected chi connectivity index (χ3v) is 4.19. The molecule has 1 aromatic heterocycles. The number of likely N-dealkylation sites (tertiary alicyclic amines) is 1. The third kappa shape index (κ3) is 3.50. The van der Waals surface area contributed by atoms with E-state index in [9.17, 15) is 4.39 Å². The van der Waals surface area contributed by atoms with Crippen LogP contribution in [-0.4, -0.2) is 23.1 Å². The molecule has 0 N–H and O–H groups in total. The summed E-state index contributed by atoms with van der Waals surface area (Å²) >= 11 is 0. The molecule has 0 radical (unpaired) electrons. The molecule has 3 rings (SSSR count). The molecule has 1 saturated heterocycles. The maximum Gasteiger partial charge on any atom is 0.133 e. The molecule has 0 bridgehead atoms. The van der Waals surface area contributed by atoms with Crippen molar-refractivity contribution in [2.45, 2.75) is 33.2 Å². The van der Waals surface area contributed by atoms with Crippen molar-refractivity contribution >= 4 is 0 Å². The molecule has 4 heteroatoms. The van der Waals surface area contributed by atoms with Gasteiger partial charge in [-0.1, -0.05) is 17.3 Å². The Bertz CT molecular complexity index is 623. The number of hydrogen-bond donors (Lipinski definition) is 0. The van der Waals surface area contributed by atoms with E-state index in [0.717, 1.165) is 49.5 Å². The lowest BCUT2D eigenvalue weighted by Gasteiger charge is -2.14. The summed E-state index contributed by atoms with van der Waals surface area (Å²) in [4.78, 5) is 2.40. The Morgan fingerprint density at radius 2 is 2.19 bits per heavy atom. The summed E-state index contributed by atoms with van der Waals surface area (Å²) in [5.41, 5.74) is 2.81. The summed E-state index contributed by atoms with van der Waals surface area (Å²) in [6.45, 7) is 6.67. The van der Waals surface area contributed by atoms with E-state index in [-0.39, 0.29) is 5.82 Å². The standard InChI is InChI=1S/C17H21FN2O/c1-12-3-4-14(9-17(12)18)8-15-5-6-20(10-15)11-16-7-13(2)21-19-16/h3-4,7,9,15H,5-6,8,10-11H2,1-2H3. The molecular weight excluding hydrogens is 267 g/mol. The summed E-state index contributed by atoms with van der Waals surface area (Å²) in [5.74, 6) is 1.36. The van der Waals surface area contributed by atoms with Gasteiger partial charge in [0.05, 0.1) is 5.69 Å². The molecule has 1 unspecified atom stereocenters. The van der Waals surface area contributed by atoms with E-state index in [1.54, 1.807) is 13.0 Å². The Balaban J connectivity index is 1.55. The van der Waals surface area contributed by atoms with Gasteiger partial charge >= 0.3 is 0 Å². The summed E-state index contributed by atoms with van der Waals surface area (Å²) < 4.78 is 18.7. The zero-order chi connectivity index (χ0) is 14.8. The first-order valence-corrected chi connectivity index (χ1v) is 7.50. The van der Waals surface area contributed by atoms with Crippen LogP contribution in [0.4, 0.5) is 4.39 Å². The number of nitrogens with zero attached hydrogens (tertiary/aromatic N) is 2. The molecular formula is C17H21FN2O. The van der Waals surface area contributed by atoms with Crippen LogP contribution in [0.1, 0.15) is 29.0 Å². The van der Waals surface area contributed by atoms with Crippen LogP contribution >= 0.6 is 0 Å². The highest BCUT2D eigenvalue weighted by Crippen LogP contribution is 2.23. The quantitative estimate of drug-likeness (QED) is 0.862. The number of hydrogen-bond acceptors (Lipinski definition) is 3. The smallest absolute Gasteiger partial charge is 0.133 e. The van der Waals surface area contributed by atoms with E-state index in [2.05, 4.69) is 10.1 Å². The topological polar surface area (TPSA) is 29.3 Å². The number of rotatable bonds is 4. The lowest BCUT2D eigenvalue weighted by molar-refractivity contribution is 0.300. The summed E-state index contributed by atoms with van der Waals surface area (Å²) in [7, 11) is 0. The fraction of sp³-hybridized carbons (Fsp3) is 0.471. The Morgan fingerprint density at radius 1 is 1.33 bits per heavy atom. The van der Waals surface area contributed by atoms with Crippen molar-refractivity contribution in [3.63, 3.8) is 0 Å². The maximum atomic E-state index is 13.6. The molecule has 1 aromatic carbocycles. The van der Waals surface area contributed by atoms with Crippen molar-refractivity contribution in [2.24, 2.45) is 5.92 Å². The van der Waals surface area contributed by atoms with Gasteiger partial charge in [-0.25, -0.2) is 4.39 Å². The largest absolute Gasteiger partial charge is 0.361 e. The Morgan fingerprint density at radius 3 is 2.90 bits per heavy atom. The van der Waals surface area contributed by atoms with E-state index < -0.39 is 0 Å². The molecule has 1 aliphatic heterocycles. The minimum Gasteiger partial charge on any atom is -0.361 e. The van der Waals surface area contributed by atoms with Crippen molar-refractivity contribution in [3.05, 3.63) is 52.7 Å². The van der Waals surface area contributed by atoms with E-state index in [1.165, 1.54) is 0 Å². The predicted molar refractivity (Wildman–Crippen MR) is 79.5 cm³/mol. The highest BCUT2D eigenvalue weighted by molar-refractivity contribution is 5.23. The second-order valence-corrected chi connectivity index (χ2v) is 6.11. The number of halogens is 1. The second-order valence-electron chi connectivity index (χ2n) is 6.11. The van der Waals surface area contributed by atoms with Gasteiger partial charge in [0.25, 0.3) is 0 Å². The zero-order valence-electron chi connectivity index (χ0n) is 12.6. The molecule has 1 aliphatic rings. The zero-order valence-corrected chi connectivity index (χ0v) is 12.6. The second kappa shape index (κ2) is 5.98. The van der Waals surface area contributed by atoms with E-state index >= 15 is 0 Å². The lowest BCUT2D eigenvalue weighted by atomic mass is 9.98. The first kappa shape index (κ1) is 14.3. The van der Waals surface area contributed by atoms with Gasteiger partial charge in [-0.3, -0.25) is 4.90 Å². The fourth-order valence-corrected chi connectivity index (χ4v) is 3.04. The molecule has 112 valence electrons. The van der Waals surface area contributed by atoms with Crippen molar-refractivity contribution in [3.8, 4) is 0 Å². The molecule has 2 heterocycles. The van der Waals surface area contributed by atoms with Gasteiger partial charge in [0.15, 0.2) is 0 Å². The molecule has 2 aromatic rings. The predicted octanol–water partition coefficient (Wildman–Crippen LogP) is 3.50. The molecule has 0 aliphatic carbocycles. The first-order chi connectivity index (χ1) is 10.1. The third-order valence-electron chi connectivity index (χ3n) is 4.19. The van der Waals surface area contributed by atoms with Crippen LogP contribution in [-0.2, 0) is 13.0 Å².